The summed E-state index contributed by atoms with van der Waals surface area (Å²) in [5.41, 5.74) is -0.766. The third kappa shape index (κ3) is 8.31. The van der Waals surface area contributed by atoms with Crippen LogP contribution in [0.1, 0.15) is 59.3 Å². The van der Waals surface area contributed by atoms with Gasteiger partial charge in [-0.25, -0.2) is 15.6 Å². The van der Waals surface area contributed by atoms with E-state index in [0.717, 1.165) is 24.3 Å². The van der Waals surface area contributed by atoms with Crippen LogP contribution in [0.4, 0.5) is 4.79 Å². The second kappa shape index (κ2) is 9.16. The van der Waals surface area contributed by atoms with Gasteiger partial charge in [-0.2, -0.15) is 0 Å². The van der Waals surface area contributed by atoms with Gasteiger partial charge in [0.1, 0.15) is 0 Å². The van der Waals surface area contributed by atoms with Crippen LogP contribution in [0.25, 0.3) is 0 Å². The topological polar surface area (TPSA) is 75.8 Å². The van der Waals surface area contributed by atoms with Crippen LogP contribution in [0.3, 0.4) is 0 Å². The number of ether oxygens (including phenoxy) is 1. The minimum absolute atomic E-state index is 0.305. The van der Waals surface area contributed by atoms with Crippen molar-refractivity contribution >= 4 is 6.09 Å². The predicted octanol–water partition coefficient (Wildman–Crippen LogP) is 2.43. The van der Waals surface area contributed by atoms with Gasteiger partial charge in [0.2, 0.25) is 0 Å². The molecule has 1 atom stereocenters. The largest absolute Gasteiger partial charge is 0.449 e. The van der Waals surface area contributed by atoms with Gasteiger partial charge >= 0.3 is 6.09 Å². The van der Waals surface area contributed by atoms with E-state index >= 15 is 0 Å². The summed E-state index contributed by atoms with van der Waals surface area (Å²) in [4.78, 5) is 11.3. The summed E-state index contributed by atoms with van der Waals surface area (Å²) >= 11 is 0. The number of hydrogen-bond acceptors (Lipinski definition) is 4. The minimum Gasteiger partial charge on any atom is -0.449 e. The molecular formula is C13H28N2O3. The van der Waals surface area contributed by atoms with Crippen LogP contribution in [-0.2, 0) is 4.74 Å². The third-order valence-corrected chi connectivity index (χ3v) is 2.96. The summed E-state index contributed by atoms with van der Waals surface area (Å²) in [6, 6.07) is 0. The molecular weight excluding hydrogens is 232 g/mol. The Hall–Kier alpha value is -0.810. The summed E-state index contributed by atoms with van der Waals surface area (Å²) < 4.78 is 4.76. The number of hydrogen-bond donors (Lipinski definition) is 2. The van der Waals surface area contributed by atoms with Crippen molar-refractivity contribution < 1.29 is 14.6 Å². The lowest BCUT2D eigenvalue weighted by Crippen LogP contribution is -2.41. The van der Waals surface area contributed by atoms with E-state index < -0.39 is 11.7 Å². The monoisotopic (exact) mass is 260 g/mol. The Morgan fingerprint density at radius 3 is 2.50 bits per heavy atom. The fourth-order valence-corrected chi connectivity index (χ4v) is 1.72. The van der Waals surface area contributed by atoms with Crippen LogP contribution >= 0.6 is 0 Å². The normalized spacial score (nSPS) is 14.1. The maximum Gasteiger partial charge on any atom is 0.424 e. The number of carbonyl (C=O) groups excluding carboxylic acids is 1. The number of rotatable bonds is 9. The first-order chi connectivity index (χ1) is 8.43. The summed E-state index contributed by atoms with van der Waals surface area (Å²) in [7, 11) is 0. The number of nitrogens with zero attached hydrogens (tertiary/aromatic N) is 1. The molecule has 0 aromatic carbocycles. The van der Waals surface area contributed by atoms with Gasteiger partial charge in [-0.3, -0.25) is 0 Å². The molecule has 0 radical (unpaired) electrons. The number of amides is 1. The van der Waals surface area contributed by atoms with Gasteiger partial charge in [0, 0.05) is 6.54 Å². The molecule has 0 rings (SSSR count). The second-order valence-corrected chi connectivity index (χ2v) is 4.95. The number of nitrogens with two attached hydrogens (primary N) is 1. The highest BCUT2D eigenvalue weighted by Crippen LogP contribution is 2.19. The van der Waals surface area contributed by atoms with Crippen LogP contribution in [0.5, 0.6) is 0 Å². The zero-order chi connectivity index (χ0) is 14.0. The average Bonchev–Trinajstić information content (AvgIpc) is 2.32. The number of hydrazine groups is 1. The Bertz CT molecular complexity index is 232. The molecule has 0 aliphatic carbocycles. The van der Waals surface area contributed by atoms with Crippen LogP contribution in [0, 0.1) is 0 Å². The Morgan fingerprint density at radius 2 is 1.94 bits per heavy atom. The fourth-order valence-electron chi connectivity index (χ4n) is 1.72. The average molecular weight is 260 g/mol. The molecule has 0 spiro atoms. The maximum atomic E-state index is 11.3. The van der Waals surface area contributed by atoms with Crippen molar-refractivity contribution in [2.45, 2.75) is 64.9 Å². The van der Waals surface area contributed by atoms with Crippen molar-refractivity contribution in [3.05, 3.63) is 0 Å². The number of aliphatic hydroxyl groups is 1. The molecule has 18 heavy (non-hydrogen) atoms. The molecule has 0 bridgehead atoms. The summed E-state index contributed by atoms with van der Waals surface area (Å²) in [5, 5.41) is 11.2. The fraction of sp³-hybridized carbons (Fsp3) is 0.923. The highest BCUT2D eigenvalue weighted by atomic mass is 16.6. The van der Waals surface area contributed by atoms with E-state index in [1.165, 1.54) is 12.8 Å². The van der Waals surface area contributed by atoms with E-state index in [-0.39, 0.29) is 0 Å². The molecule has 1 unspecified atom stereocenters. The molecule has 0 saturated carbocycles. The van der Waals surface area contributed by atoms with Gasteiger partial charge < -0.3 is 9.84 Å². The first-order valence-corrected chi connectivity index (χ1v) is 6.84. The zero-order valence-corrected chi connectivity index (χ0v) is 11.9. The van der Waals surface area contributed by atoms with E-state index in [4.69, 9.17) is 10.6 Å². The van der Waals surface area contributed by atoms with Crippen molar-refractivity contribution in [2.24, 2.45) is 5.84 Å². The van der Waals surface area contributed by atoms with Gasteiger partial charge in [-0.1, -0.05) is 32.6 Å². The van der Waals surface area contributed by atoms with Gasteiger partial charge in [-0.15, -0.1) is 0 Å². The standard InChI is InChI=1S/C13H28N2O3/c1-4-6-7-8-9-13(3,17)10-11-15(14)12(16)18-5-2/h17H,4-11,14H2,1-3H3. The second-order valence-electron chi connectivity index (χ2n) is 4.95. The Morgan fingerprint density at radius 1 is 1.28 bits per heavy atom. The smallest absolute Gasteiger partial charge is 0.424 e. The molecule has 0 heterocycles. The van der Waals surface area contributed by atoms with Gasteiger partial charge in [0.15, 0.2) is 0 Å². The minimum atomic E-state index is -0.766. The number of carbonyl (C=O) groups is 1. The lowest BCUT2D eigenvalue weighted by Gasteiger charge is -2.25. The van der Waals surface area contributed by atoms with Gasteiger partial charge in [0.05, 0.1) is 12.2 Å². The molecule has 108 valence electrons. The van der Waals surface area contributed by atoms with Crippen molar-refractivity contribution in [3.8, 4) is 0 Å². The SMILES string of the molecule is CCCCCCC(C)(O)CCN(N)C(=O)OCC. The molecule has 0 aromatic heterocycles. The van der Waals surface area contributed by atoms with Crippen LogP contribution in [0.2, 0.25) is 0 Å². The quantitative estimate of drug-likeness (QED) is 0.289. The molecule has 1 amide bonds. The summed E-state index contributed by atoms with van der Waals surface area (Å²) in [5.74, 6) is 5.53. The van der Waals surface area contributed by atoms with Crippen LogP contribution in [0.15, 0.2) is 0 Å². The van der Waals surface area contributed by atoms with Gasteiger partial charge in [-0.05, 0) is 26.7 Å². The highest BCUT2D eigenvalue weighted by molar-refractivity contribution is 5.66. The summed E-state index contributed by atoms with van der Waals surface area (Å²) in [6.07, 6.45) is 5.18. The maximum absolute atomic E-state index is 11.3. The zero-order valence-electron chi connectivity index (χ0n) is 11.9. The van der Waals surface area contributed by atoms with E-state index in [9.17, 15) is 9.90 Å². The lowest BCUT2D eigenvalue weighted by atomic mass is 9.94. The molecule has 0 fully saturated rings. The van der Waals surface area contributed by atoms with Crippen LogP contribution < -0.4 is 5.84 Å². The van der Waals surface area contributed by atoms with Crippen molar-refractivity contribution in [1.29, 1.82) is 0 Å². The Balaban J connectivity index is 3.83. The highest BCUT2D eigenvalue weighted by Gasteiger charge is 2.22. The van der Waals surface area contributed by atoms with Crippen molar-refractivity contribution in [2.75, 3.05) is 13.2 Å². The molecule has 0 aliphatic rings. The van der Waals surface area contributed by atoms with E-state index in [1.807, 2.05) is 0 Å². The molecule has 5 nitrogen and oxygen atoms in total. The van der Waals surface area contributed by atoms with Gasteiger partial charge in [0.25, 0.3) is 0 Å². The Kier molecular flexibility index (Phi) is 8.75. The molecule has 3 N–H and O–H groups in total. The lowest BCUT2D eigenvalue weighted by molar-refractivity contribution is 0.0270. The molecule has 0 saturated heterocycles. The number of unbranched alkanes of at least 4 members (excludes halogenated alkanes) is 3. The van der Waals surface area contributed by atoms with Crippen molar-refractivity contribution in [1.82, 2.24) is 5.01 Å². The molecule has 5 heteroatoms. The van der Waals surface area contributed by atoms with E-state index in [1.54, 1.807) is 13.8 Å². The Labute approximate surface area is 110 Å². The summed E-state index contributed by atoms with van der Waals surface area (Å²) in [6.45, 7) is 6.29. The molecule has 0 aromatic rings. The first kappa shape index (κ1) is 17.2. The molecule has 0 aliphatic heterocycles. The first-order valence-electron chi connectivity index (χ1n) is 6.84. The van der Waals surface area contributed by atoms with E-state index in [0.29, 0.717) is 19.6 Å². The van der Waals surface area contributed by atoms with Crippen LogP contribution in [-0.4, -0.2) is 35.0 Å². The predicted molar refractivity (Wildman–Crippen MR) is 71.9 cm³/mol. The van der Waals surface area contributed by atoms with Crippen molar-refractivity contribution in [3.63, 3.8) is 0 Å². The van der Waals surface area contributed by atoms with E-state index in [2.05, 4.69) is 6.92 Å². The third-order valence-electron chi connectivity index (χ3n) is 2.96.